The molecule has 18 heavy (non-hydrogen) atoms. The fourth-order valence-corrected chi connectivity index (χ4v) is 2.42. The highest BCUT2D eigenvalue weighted by molar-refractivity contribution is 5.60. The molecule has 1 saturated heterocycles. The van der Waals surface area contributed by atoms with Crippen molar-refractivity contribution in [3.05, 3.63) is 23.8 Å². The number of benzene rings is 1. The van der Waals surface area contributed by atoms with Crippen LogP contribution in [0, 0.1) is 0 Å². The summed E-state index contributed by atoms with van der Waals surface area (Å²) in [5.74, 6) is 0. The molecule has 100 valence electrons. The minimum atomic E-state index is -2.48. The normalized spacial score (nSPS) is 20.1. The molecule has 2 N–H and O–H groups in total. The van der Waals surface area contributed by atoms with Gasteiger partial charge in [0.2, 0.25) is 0 Å². The molecule has 0 aliphatic carbocycles. The lowest BCUT2D eigenvalue weighted by molar-refractivity contribution is 0.152. The Kier molecular flexibility index (Phi) is 3.71. The highest BCUT2D eigenvalue weighted by Gasteiger charge is 2.27. The molecule has 1 aromatic carbocycles. The number of halogens is 2. The topological polar surface area (TPSA) is 32.5 Å². The average Bonchev–Trinajstić information content (AvgIpc) is 2.78. The summed E-state index contributed by atoms with van der Waals surface area (Å²) in [6.45, 7) is 1.60. The van der Waals surface area contributed by atoms with Crippen molar-refractivity contribution in [1.82, 2.24) is 4.90 Å². The second kappa shape index (κ2) is 5.10. The average molecular weight is 255 g/mol. The van der Waals surface area contributed by atoms with Gasteiger partial charge in [0.15, 0.2) is 0 Å². The van der Waals surface area contributed by atoms with Gasteiger partial charge < -0.3 is 15.5 Å². The van der Waals surface area contributed by atoms with Crippen molar-refractivity contribution in [1.29, 1.82) is 0 Å². The van der Waals surface area contributed by atoms with Gasteiger partial charge in [0, 0.05) is 36.1 Å². The number of rotatable bonds is 3. The summed E-state index contributed by atoms with van der Waals surface area (Å²) in [7, 11) is 4.04. The summed E-state index contributed by atoms with van der Waals surface area (Å²) >= 11 is 0. The standard InChI is InChI=1S/C13H19F2N3/c1-17(2)10-5-6-18(8-10)12-4-3-9(16)7-11(12)13(14)15/h3-4,7,10,13H,5-6,8,16H2,1-2H3. The van der Waals surface area contributed by atoms with E-state index in [0.29, 0.717) is 17.4 Å². The number of anilines is 2. The summed E-state index contributed by atoms with van der Waals surface area (Å²) in [5.41, 5.74) is 6.62. The van der Waals surface area contributed by atoms with E-state index in [2.05, 4.69) is 4.90 Å². The third-order valence-corrected chi connectivity index (χ3v) is 3.52. The summed E-state index contributed by atoms with van der Waals surface area (Å²) in [4.78, 5) is 4.16. The minimum absolute atomic E-state index is 0.0365. The van der Waals surface area contributed by atoms with Gasteiger partial charge in [-0.15, -0.1) is 0 Å². The molecule has 1 aliphatic heterocycles. The second-order valence-corrected chi connectivity index (χ2v) is 4.97. The van der Waals surface area contributed by atoms with Crippen LogP contribution >= 0.6 is 0 Å². The number of nitrogen functional groups attached to an aromatic ring is 1. The fraction of sp³-hybridized carbons (Fsp3) is 0.538. The molecule has 1 aromatic rings. The lowest BCUT2D eigenvalue weighted by Crippen LogP contribution is -2.31. The number of nitrogens with two attached hydrogens (primary N) is 1. The predicted octanol–water partition coefficient (Wildman–Crippen LogP) is 2.35. The molecule has 0 bridgehead atoms. The maximum absolute atomic E-state index is 13.0. The van der Waals surface area contributed by atoms with Gasteiger partial charge in [-0.1, -0.05) is 0 Å². The molecule has 1 fully saturated rings. The first kappa shape index (κ1) is 13.1. The van der Waals surface area contributed by atoms with E-state index in [1.54, 1.807) is 12.1 Å². The van der Waals surface area contributed by atoms with Crippen molar-refractivity contribution < 1.29 is 8.78 Å². The fourth-order valence-electron chi connectivity index (χ4n) is 2.42. The van der Waals surface area contributed by atoms with Gasteiger partial charge in [0.25, 0.3) is 6.43 Å². The molecule has 5 heteroatoms. The first-order valence-electron chi connectivity index (χ1n) is 6.08. The van der Waals surface area contributed by atoms with E-state index in [-0.39, 0.29) is 5.56 Å². The molecule has 0 radical (unpaired) electrons. The van der Waals surface area contributed by atoms with E-state index in [9.17, 15) is 8.78 Å². The van der Waals surface area contributed by atoms with E-state index in [4.69, 9.17) is 5.73 Å². The van der Waals surface area contributed by atoms with Gasteiger partial charge in [-0.05, 0) is 38.7 Å². The van der Waals surface area contributed by atoms with E-state index in [1.807, 2.05) is 19.0 Å². The summed E-state index contributed by atoms with van der Waals surface area (Å²) in [6.07, 6.45) is -1.48. The monoisotopic (exact) mass is 255 g/mol. The highest BCUT2D eigenvalue weighted by atomic mass is 19.3. The Labute approximate surface area is 106 Å². The van der Waals surface area contributed by atoms with E-state index >= 15 is 0 Å². The lowest BCUT2D eigenvalue weighted by atomic mass is 10.1. The van der Waals surface area contributed by atoms with Gasteiger partial charge >= 0.3 is 0 Å². The Morgan fingerprint density at radius 1 is 1.39 bits per heavy atom. The minimum Gasteiger partial charge on any atom is -0.399 e. The zero-order valence-electron chi connectivity index (χ0n) is 10.7. The molecule has 3 nitrogen and oxygen atoms in total. The van der Waals surface area contributed by atoms with Crippen LogP contribution < -0.4 is 10.6 Å². The van der Waals surface area contributed by atoms with Crippen LogP contribution in [0.5, 0.6) is 0 Å². The van der Waals surface area contributed by atoms with Crippen LogP contribution in [0.25, 0.3) is 0 Å². The Morgan fingerprint density at radius 3 is 2.67 bits per heavy atom. The van der Waals surface area contributed by atoms with Gasteiger partial charge in [0.1, 0.15) is 0 Å². The largest absolute Gasteiger partial charge is 0.399 e. The molecule has 0 spiro atoms. The van der Waals surface area contributed by atoms with Crippen molar-refractivity contribution in [2.45, 2.75) is 18.9 Å². The van der Waals surface area contributed by atoms with E-state index in [1.165, 1.54) is 6.07 Å². The van der Waals surface area contributed by atoms with E-state index < -0.39 is 6.43 Å². The molecule has 2 rings (SSSR count). The molecular weight excluding hydrogens is 236 g/mol. The number of likely N-dealkylation sites (N-methyl/N-ethyl adjacent to an activating group) is 1. The summed E-state index contributed by atoms with van der Waals surface area (Å²) in [6, 6.07) is 5.19. The van der Waals surface area contributed by atoms with Crippen LogP contribution in [0.1, 0.15) is 18.4 Å². The maximum atomic E-state index is 13.0. The van der Waals surface area contributed by atoms with Crippen LogP contribution in [0.15, 0.2) is 18.2 Å². The van der Waals surface area contributed by atoms with Crippen LogP contribution in [0.3, 0.4) is 0 Å². The first-order chi connectivity index (χ1) is 8.49. The number of nitrogens with zero attached hydrogens (tertiary/aromatic N) is 2. The Hall–Kier alpha value is -1.36. The molecule has 0 saturated carbocycles. The third kappa shape index (κ3) is 2.56. The SMILES string of the molecule is CN(C)C1CCN(c2ccc(N)cc2C(F)F)C1. The number of alkyl halides is 2. The molecular formula is C13H19F2N3. The number of hydrogen-bond acceptors (Lipinski definition) is 3. The van der Waals surface area contributed by atoms with Gasteiger partial charge in [-0.3, -0.25) is 0 Å². The Morgan fingerprint density at radius 2 is 2.11 bits per heavy atom. The molecule has 1 aliphatic rings. The highest BCUT2D eigenvalue weighted by Crippen LogP contribution is 2.33. The zero-order valence-corrected chi connectivity index (χ0v) is 10.7. The Bertz CT molecular complexity index is 421. The molecule has 1 atom stereocenters. The zero-order chi connectivity index (χ0) is 13.3. The van der Waals surface area contributed by atoms with Crippen LogP contribution in [-0.4, -0.2) is 38.1 Å². The lowest BCUT2D eigenvalue weighted by Gasteiger charge is -2.24. The van der Waals surface area contributed by atoms with Crippen LogP contribution in [-0.2, 0) is 0 Å². The number of hydrogen-bond donors (Lipinski definition) is 1. The van der Waals surface area contributed by atoms with Gasteiger partial charge in [-0.2, -0.15) is 0 Å². The molecule has 1 unspecified atom stereocenters. The molecule has 0 aromatic heterocycles. The van der Waals surface area contributed by atoms with Crippen molar-refractivity contribution >= 4 is 11.4 Å². The van der Waals surface area contributed by atoms with Gasteiger partial charge in [0.05, 0.1) is 0 Å². The quantitative estimate of drug-likeness (QED) is 0.841. The second-order valence-electron chi connectivity index (χ2n) is 4.97. The predicted molar refractivity (Wildman–Crippen MR) is 70.1 cm³/mol. The first-order valence-corrected chi connectivity index (χ1v) is 6.08. The molecule has 1 heterocycles. The summed E-state index contributed by atoms with van der Waals surface area (Å²) in [5, 5.41) is 0. The van der Waals surface area contributed by atoms with Crippen LogP contribution in [0.2, 0.25) is 0 Å². The summed E-state index contributed by atoms with van der Waals surface area (Å²) < 4.78 is 26.0. The smallest absolute Gasteiger partial charge is 0.265 e. The van der Waals surface area contributed by atoms with Crippen molar-refractivity contribution in [2.24, 2.45) is 0 Å². The van der Waals surface area contributed by atoms with Crippen molar-refractivity contribution in [3.8, 4) is 0 Å². The van der Waals surface area contributed by atoms with Crippen LogP contribution in [0.4, 0.5) is 20.2 Å². The molecule has 0 amide bonds. The Balaban J connectivity index is 2.24. The van der Waals surface area contributed by atoms with Crippen molar-refractivity contribution in [3.63, 3.8) is 0 Å². The third-order valence-electron chi connectivity index (χ3n) is 3.52. The van der Waals surface area contributed by atoms with Crippen molar-refractivity contribution in [2.75, 3.05) is 37.8 Å². The van der Waals surface area contributed by atoms with E-state index in [0.717, 1.165) is 19.5 Å². The van der Waals surface area contributed by atoms with Gasteiger partial charge in [-0.25, -0.2) is 8.78 Å². The maximum Gasteiger partial charge on any atom is 0.265 e.